The van der Waals surface area contributed by atoms with Gasteiger partial charge in [0.25, 0.3) is 0 Å². The van der Waals surface area contributed by atoms with Crippen LogP contribution in [0.5, 0.6) is 0 Å². The molecule has 0 aliphatic heterocycles. The molecule has 0 radical (unpaired) electrons. The van der Waals surface area contributed by atoms with Crippen LogP contribution in [0.4, 0.5) is 0 Å². The smallest absolute Gasteiger partial charge is 0.179 e. The van der Waals surface area contributed by atoms with E-state index in [1.807, 2.05) is 13.1 Å². The summed E-state index contributed by atoms with van der Waals surface area (Å²) in [4.78, 5) is 17.1. The molecule has 0 aliphatic carbocycles. The second-order valence-electron chi connectivity index (χ2n) is 4.10. The van der Waals surface area contributed by atoms with Crippen molar-refractivity contribution < 1.29 is 0 Å². The van der Waals surface area contributed by atoms with Gasteiger partial charge in [0.1, 0.15) is 5.69 Å². The van der Waals surface area contributed by atoms with E-state index in [0.717, 1.165) is 17.8 Å². The molecular formula is C13H17N5. The average Bonchev–Trinajstić information content (AvgIpc) is 2.40. The molecule has 0 bridgehead atoms. The highest BCUT2D eigenvalue weighted by Gasteiger charge is 2.11. The monoisotopic (exact) mass is 243 g/mol. The Kier molecular flexibility index (Phi) is 3.94. The van der Waals surface area contributed by atoms with E-state index in [0.29, 0.717) is 11.5 Å². The molecule has 0 fully saturated rings. The topological polar surface area (TPSA) is 63.6 Å². The van der Waals surface area contributed by atoms with Crippen molar-refractivity contribution in [2.75, 3.05) is 6.54 Å². The molecule has 2 heterocycles. The first-order valence-electron chi connectivity index (χ1n) is 6.05. The fraction of sp³-hybridized carbons (Fsp3) is 0.385. The van der Waals surface area contributed by atoms with Crippen LogP contribution in [0, 0.1) is 6.92 Å². The summed E-state index contributed by atoms with van der Waals surface area (Å²) in [5, 5.41) is 3.35. The molecule has 1 N–H and O–H groups in total. The number of aryl methyl sites for hydroxylation is 1. The number of nitrogens with one attached hydrogen (secondary N) is 1. The summed E-state index contributed by atoms with van der Waals surface area (Å²) in [5.74, 6) is 0.619. The maximum atomic E-state index is 4.49. The maximum Gasteiger partial charge on any atom is 0.179 e. The molecule has 0 spiro atoms. The minimum Gasteiger partial charge on any atom is -0.310 e. The zero-order chi connectivity index (χ0) is 13.0. The quantitative estimate of drug-likeness (QED) is 0.888. The van der Waals surface area contributed by atoms with Crippen LogP contribution in [-0.2, 0) is 0 Å². The summed E-state index contributed by atoms with van der Waals surface area (Å²) >= 11 is 0. The van der Waals surface area contributed by atoms with E-state index in [-0.39, 0.29) is 6.04 Å². The minimum atomic E-state index is 0.255. The van der Waals surface area contributed by atoms with E-state index in [4.69, 9.17) is 0 Å². The van der Waals surface area contributed by atoms with Crippen molar-refractivity contribution >= 4 is 0 Å². The van der Waals surface area contributed by atoms with Crippen molar-refractivity contribution in [1.82, 2.24) is 25.3 Å². The molecule has 5 heteroatoms. The molecule has 1 unspecified atom stereocenters. The molecule has 0 amide bonds. The number of rotatable bonds is 4. The lowest BCUT2D eigenvalue weighted by atomic mass is 10.1. The van der Waals surface area contributed by atoms with Crippen molar-refractivity contribution in [3.63, 3.8) is 0 Å². The van der Waals surface area contributed by atoms with Gasteiger partial charge in [-0.05, 0) is 20.4 Å². The number of aromatic nitrogens is 4. The maximum absolute atomic E-state index is 4.49. The van der Waals surface area contributed by atoms with Gasteiger partial charge in [-0.25, -0.2) is 15.0 Å². The van der Waals surface area contributed by atoms with Gasteiger partial charge in [0.15, 0.2) is 5.82 Å². The molecule has 0 aromatic carbocycles. The summed E-state index contributed by atoms with van der Waals surface area (Å²) in [7, 11) is 0. The van der Waals surface area contributed by atoms with Gasteiger partial charge >= 0.3 is 0 Å². The van der Waals surface area contributed by atoms with Gasteiger partial charge in [0.05, 0.1) is 6.20 Å². The van der Waals surface area contributed by atoms with Crippen LogP contribution in [0.3, 0.4) is 0 Å². The summed E-state index contributed by atoms with van der Waals surface area (Å²) in [5.41, 5.74) is 2.78. The van der Waals surface area contributed by atoms with Crippen molar-refractivity contribution in [3.8, 4) is 11.5 Å². The Labute approximate surface area is 107 Å². The van der Waals surface area contributed by atoms with E-state index in [2.05, 4.69) is 39.1 Å². The highest BCUT2D eigenvalue weighted by Crippen LogP contribution is 2.17. The van der Waals surface area contributed by atoms with Crippen molar-refractivity contribution in [3.05, 3.63) is 36.0 Å². The summed E-state index contributed by atoms with van der Waals surface area (Å²) in [6.07, 6.45) is 6.81. The first-order valence-corrected chi connectivity index (χ1v) is 6.05. The molecule has 94 valence electrons. The number of nitrogens with zero attached hydrogens (tertiary/aromatic N) is 4. The van der Waals surface area contributed by atoms with Crippen LogP contribution in [-0.4, -0.2) is 26.5 Å². The summed E-state index contributed by atoms with van der Waals surface area (Å²) < 4.78 is 0. The molecule has 0 saturated carbocycles. The number of hydrogen-bond acceptors (Lipinski definition) is 5. The van der Waals surface area contributed by atoms with Gasteiger partial charge in [-0.15, -0.1) is 0 Å². The second-order valence-corrected chi connectivity index (χ2v) is 4.10. The Hall–Kier alpha value is -1.88. The highest BCUT2D eigenvalue weighted by atomic mass is 15.0. The molecule has 0 saturated heterocycles. The molecular weight excluding hydrogens is 226 g/mol. The van der Waals surface area contributed by atoms with Gasteiger partial charge in [-0.2, -0.15) is 0 Å². The molecule has 0 aliphatic rings. The largest absolute Gasteiger partial charge is 0.310 e. The van der Waals surface area contributed by atoms with Crippen molar-refractivity contribution in [1.29, 1.82) is 0 Å². The first kappa shape index (κ1) is 12.6. The van der Waals surface area contributed by atoms with Gasteiger partial charge in [-0.1, -0.05) is 6.92 Å². The van der Waals surface area contributed by atoms with Crippen LogP contribution in [0.25, 0.3) is 11.5 Å². The predicted octanol–water partition coefficient (Wildman–Crippen LogP) is 1.91. The van der Waals surface area contributed by atoms with Gasteiger partial charge in [0.2, 0.25) is 0 Å². The first-order chi connectivity index (χ1) is 8.72. The van der Waals surface area contributed by atoms with Gasteiger partial charge < -0.3 is 5.32 Å². The summed E-state index contributed by atoms with van der Waals surface area (Å²) in [6, 6.07) is 0.255. The zero-order valence-corrected chi connectivity index (χ0v) is 10.9. The SMILES string of the molecule is CCNC(C)c1cnc(-c2cnccn2)nc1C. The Morgan fingerprint density at radius 2 is 2.06 bits per heavy atom. The van der Waals surface area contributed by atoms with Gasteiger partial charge in [-0.3, -0.25) is 4.98 Å². The van der Waals surface area contributed by atoms with Crippen LogP contribution in [0.1, 0.15) is 31.1 Å². The van der Waals surface area contributed by atoms with Crippen LogP contribution in [0.2, 0.25) is 0 Å². The predicted molar refractivity (Wildman–Crippen MR) is 69.9 cm³/mol. The lowest BCUT2D eigenvalue weighted by Crippen LogP contribution is -2.19. The van der Waals surface area contributed by atoms with Crippen LogP contribution < -0.4 is 5.32 Å². The Morgan fingerprint density at radius 1 is 1.22 bits per heavy atom. The minimum absolute atomic E-state index is 0.255. The van der Waals surface area contributed by atoms with Crippen molar-refractivity contribution in [2.24, 2.45) is 0 Å². The van der Waals surface area contributed by atoms with Crippen LogP contribution >= 0.6 is 0 Å². The van der Waals surface area contributed by atoms with E-state index >= 15 is 0 Å². The normalized spacial score (nSPS) is 12.4. The molecule has 5 nitrogen and oxygen atoms in total. The zero-order valence-electron chi connectivity index (χ0n) is 10.9. The lowest BCUT2D eigenvalue weighted by Gasteiger charge is -2.14. The average molecular weight is 243 g/mol. The van der Waals surface area contributed by atoms with Crippen molar-refractivity contribution in [2.45, 2.75) is 26.8 Å². The fourth-order valence-corrected chi connectivity index (χ4v) is 1.86. The Balaban J connectivity index is 2.31. The molecule has 2 aromatic rings. The fourth-order valence-electron chi connectivity index (χ4n) is 1.86. The second kappa shape index (κ2) is 5.64. The number of hydrogen-bond donors (Lipinski definition) is 1. The third-order valence-electron chi connectivity index (χ3n) is 2.79. The van der Waals surface area contributed by atoms with E-state index in [9.17, 15) is 0 Å². The molecule has 1 atom stereocenters. The van der Waals surface area contributed by atoms with Gasteiger partial charge in [0, 0.05) is 35.9 Å². The highest BCUT2D eigenvalue weighted by molar-refractivity contribution is 5.47. The third kappa shape index (κ3) is 2.68. The Bertz CT molecular complexity index is 512. The van der Waals surface area contributed by atoms with Crippen LogP contribution in [0.15, 0.2) is 24.8 Å². The molecule has 18 heavy (non-hydrogen) atoms. The van der Waals surface area contributed by atoms with E-state index in [1.54, 1.807) is 18.6 Å². The van der Waals surface area contributed by atoms with E-state index < -0.39 is 0 Å². The summed E-state index contributed by atoms with van der Waals surface area (Å²) in [6.45, 7) is 7.11. The third-order valence-corrected chi connectivity index (χ3v) is 2.79. The molecule has 2 rings (SSSR count). The standard InChI is InChI=1S/C13H17N5/c1-4-15-9(2)11-7-17-13(18-10(11)3)12-8-14-5-6-16-12/h5-9,15H,4H2,1-3H3. The molecule has 2 aromatic heterocycles. The lowest BCUT2D eigenvalue weighted by molar-refractivity contribution is 0.590. The van der Waals surface area contributed by atoms with E-state index in [1.165, 1.54) is 0 Å². The Morgan fingerprint density at radius 3 is 2.67 bits per heavy atom.